The van der Waals surface area contributed by atoms with Gasteiger partial charge in [-0.3, -0.25) is 14.8 Å². The summed E-state index contributed by atoms with van der Waals surface area (Å²) in [5, 5.41) is 24.3. The average Bonchev–Trinajstić information content (AvgIpc) is 3.22. The maximum atomic E-state index is 10.7. The Labute approximate surface area is 154 Å². The van der Waals surface area contributed by atoms with Gasteiger partial charge in [0.2, 0.25) is 5.88 Å². The minimum atomic E-state index is -0.405. The van der Waals surface area contributed by atoms with E-state index in [0.29, 0.717) is 24.0 Å². The highest BCUT2D eigenvalue weighted by molar-refractivity contribution is 7.98. The highest BCUT2D eigenvalue weighted by atomic mass is 32.2. The summed E-state index contributed by atoms with van der Waals surface area (Å²) in [6, 6.07) is 6.52. The summed E-state index contributed by atoms with van der Waals surface area (Å²) < 4.78 is 8.98. The molecule has 0 saturated carbocycles. The van der Waals surface area contributed by atoms with E-state index in [1.807, 2.05) is 24.7 Å². The van der Waals surface area contributed by atoms with Crippen LogP contribution in [-0.2, 0) is 19.3 Å². The summed E-state index contributed by atoms with van der Waals surface area (Å²) in [5.41, 5.74) is 1.85. The predicted octanol–water partition coefficient (Wildman–Crippen LogP) is 2.91. The molecule has 9 nitrogen and oxygen atoms in total. The van der Waals surface area contributed by atoms with Crippen LogP contribution in [0.5, 0.6) is 5.88 Å². The van der Waals surface area contributed by atoms with Crippen LogP contribution in [0.4, 0.5) is 5.69 Å². The van der Waals surface area contributed by atoms with Crippen LogP contribution >= 0.6 is 11.8 Å². The Bertz CT molecular complexity index is 919. The zero-order valence-electron chi connectivity index (χ0n) is 14.6. The summed E-state index contributed by atoms with van der Waals surface area (Å²) in [7, 11) is 3.39. The lowest BCUT2D eigenvalue weighted by atomic mass is 10.2. The van der Waals surface area contributed by atoms with Gasteiger partial charge in [-0.05, 0) is 12.5 Å². The molecule has 0 aliphatic carbocycles. The van der Waals surface area contributed by atoms with Gasteiger partial charge >= 0.3 is 0 Å². The molecule has 0 bridgehead atoms. The fraction of sp³-hybridized carbons (Fsp3) is 0.312. The number of aromatic nitrogens is 5. The van der Waals surface area contributed by atoms with Crippen molar-refractivity contribution in [1.82, 2.24) is 24.5 Å². The first-order valence-electron chi connectivity index (χ1n) is 7.90. The van der Waals surface area contributed by atoms with Crippen molar-refractivity contribution in [1.29, 1.82) is 0 Å². The normalized spacial score (nSPS) is 10.9. The number of nitro benzene ring substituents is 1. The zero-order chi connectivity index (χ0) is 18.7. The Hall–Kier alpha value is -2.88. The summed E-state index contributed by atoms with van der Waals surface area (Å²) in [6.07, 6.45) is 1.85. The average molecular weight is 374 g/mol. The van der Waals surface area contributed by atoms with Gasteiger partial charge in [-0.2, -0.15) is 0 Å². The number of nitro groups is 1. The number of methoxy groups -OCH3 is 1. The predicted molar refractivity (Wildman–Crippen MR) is 97.1 cm³/mol. The molecular formula is C16H18N6O3S. The van der Waals surface area contributed by atoms with Gasteiger partial charge in [0, 0.05) is 37.7 Å². The largest absolute Gasteiger partial charge is 0.479 e. The van der Waals surface area contributed by atoms with E-state index in [2.05, 4.69) is 15.3 Å². The Morgan fingerprint density at radius 3 is 2.62 bits per heavy atom. The molecule has 0 radical (unpaired) electrons. The number of hydrogen-bond donors (Lipinski definition) is 0. The third-order valence-electron chi connectivity index (χ3n) is 3.78. The quantitative estimate of drug-likeness (QED) is 0.356. The SMILES string of the molecule is CCn1c(SCc2ccc([N+](=O)[O-])cc2)nnc1-c1cn(C)nc1OC. The van der Waals surface area contributed by atoms with Crippen LogP contribution in [0.2, 0.25) is 0 Å². The second kappa shape index (κ2) is 7.56. The van der Waals surface area contributed by atoms with Crippen molar-refractivity contribution in [3.05, 3.63) is 46.1 Å². The molecule has 2 heterocycles. The molecule has 136 valence electrons. The van der Waals surface area contributed by atoms with E-state index < -0.39 is 4.92 Å². The molecule has 0 saturated heterocycles. The molecule has 10 heteroatoms. The van der Waals surface area contributed by atoms with Gasteiger partial charge in [0.05, 0.1) is 12.0 Å². The van der Waals surface area contributed by atoms with Crippen molar-refractivity contribution in [3.8, 4) is 17.3 Å². The van der Waals surface area contributed by atoms with Crippen LogP contribution in [0.25, 0.3) is 11.4 Å². The molecule has 1 aromatic carbocycles. The number of aryl methyl sites for hydroxylation is 1. The van der Waals surface area contributed by atoms with E-state index in [1.54, 1.807) is 23.9 Å². The minimum Gasteiger partial charge on any atom is -0.479 e. The summed E-state index contributed by atoms with van der Waals surface area (Å²) in [5.74, 6) is 1.84. The second-order valence-electron chi connectivity index (χ2n) is 5.49. The van der Waals surface area contributed by atoms with Crippen molar-refractivity contribution in [2.75, 3.05) is 7.11 Å². The third kappa shape index (κ3) is 3.54. The van der Waals surface area contributed by atoms with E-state index in [0.717, 1.165) is 16.3 Å². The van der Waals surface area contributed by atoms with Crippen LogP contribution < -0.4 is 4.74 Å². The summed E-state index contributed by atoms with van der Waals surface area (Å²) in [6.45, 7) is 2.72. The van der Waals surface area contributed by atoms with Gasteiger partial charge in [-0.1, -0.05) is 23.9 Å². The van der Waals surface area contributed by atoms with Crippen molar-refractivity contribution in [3.63, 3.8) is 0 Å². The first-order chi connectivity index (χ1) is 12.5. The standard InChI is InChI=1S/C16H18N6O3S/c1-4-21-14(13-9-20(2)19-15(13)25-3)17-18-16(21)26-10-11-5-7-12(8-6-11)22(23)24/h5-9H,4,10H2,1-3H3. The molecule has 0 spiro atoms. The lowest BCUT2D eigenvalue weighted by Crippen LogP contribution is -2.00. The maximum Gasteiger partial charge on any atom is 0.269 e. The molecule has 0 aliphatic heterocycles. The molecule has 0 amide bonds. The number of non-ortho nitro benzene ring substituents is 1. The van der Waals surface area contributed by atoms with Gasteiger partial charge in [0.15, 0.2) is 11.0 Å². The van der Waals surface area contributed by atoms with Crippen molar-refractivity contribution in [2.24, 2.45) is 7.05 Å². The molecule has 2 aromatic heterocycles. The van der Waals surface area contributed by atoms with Crippen LogP contribution in [0.3, 0.4) is 0 Å². The van der Waals surface area contributed by atoms with E-state index in [9.17, 15) is 10.1 Å². The molecule has 3 rings (SSSR count). The number of nitrogens with zero attached hydrogens (tertiary/aromatic N) is 6. The fourth-order valence-electron chi connectivity index (χ4n) is 2.51. The molecule has 0 unspecified atom stereocenters. The lowest BCUT2D eigenvalue weighted by Gasteiger charge is -2.07. The van der Waals surface area contributed by atoms with Crippen LogP contribution in [-0.4, -0.2) is 36.6 Å². The Balaban J connectivity index is 1.81. The number of ether oxygens (including phenoxy) is 1. The van der Waals surface area contributed by atoms with E-state index >= 15 is 0 Å². The highest BCUT2D eigenvalue weighted by Gasteiger charge is 2.19. The van der Waals surface area contributed by atoms with Crippen LogP contribution in [0, 0.1) is 10.1 Å². The van der Waals surface area contributed by atoms with Crippen molar-refractivity contribution < 1.29 is 9.66 Å². The number of benzene rings is 1. The highest BCUT2D eigenvalue weighted by Crippen LogP contribution is 2.31. The van der Waals surface area contributed by atoms with Gasteiger partial charge in [-0.25, -0.2) is 0 Å². The molecule has 0 aliphatic rings. The number of hydrogen-bond acceptors (Lipinski definition) is 7. The Kier molecular flexibility index (Phi) is 5.21. The van der Waals surface area contributed by atoms with Crippen molar-refractivity contribution >= 4 is 17.4 Å². The molecule has 3 aromatic rings. The van der Waals surface area contributed by atoms with E-state index in [4.69, 9.17) is 4.74 Å². The zero-order valence-corrected chi connectivity index (χ0v) is 15.4. The van der Waals surface area contributed by atoms with Gasteiger partial charge in [0.25, 0.3) is 5.69 Å². The first kappa shape index (κ1) is 17.9. The monoisotopic (exact) mass is 374 g/mol. The Morgan fingerprint density at radius 2 is 2.00 bits per heavy atom. The van der Waals surface area contributed by atoms with Gasteiger partial charge in [0.1, 0.15) is 5.56 Å². The second-order valence-corrected chi connectivity index (χ2v) is 6.43. The van der Waals surface area contributed by atoms with Gasteiger partial charge < -0.3 is 9.30 Å². The minimum absolute atomic E-state index is 0.0847. The van der Waals surface area contributed by atoms with Crippen LogP contribution in [0.1, 0.15) is 12.5 Å². The van der Waals surface area contributed by atoms with Crippen molar-refractivity contribution in [2.45, 2.75) is 24.4 Å². The van der Waals surface area contributed by atoms with E-state index in [-0.39, 0.29) is 5.69 Å². The fourth-order valence-corrected chi connectivity index (χ4v) is 3.47. The summed E-state index contributed by atoms with van der Waals surface area (Å²) >= 11 is 1.53. The topological polar surface area (TPSA) is 101 Å². The molecule has 26 heavy (non-hydrogen) atoms. The molecule has 0 fully saturated rings. The molecular weight excluding hydrogens is 356 g/mol. The Morgan fingerprint density at radius 1 is 1.27 bits per heavy atom. The number of rotatable bonds is 7. The van der Waals surface area contributed by atoms with E-state index in [1.165, 1.54) is 23.9 Å². The summed E-state index contributed by atoms with van der Waals surface area (Å²) in [4.78, 5) is 10.3. The molecule has 0 atom stereocenters. The van der Waals surface area contributed by atoms with Crippen LogP contribution in [0.15, 0.2) is 35.6 Å². The molecule has 0 N–H and O–H groups in total. The van der Waals surface area contributed by atoms with Gasteiger partial charge in [-0.15, -0.1) is 15.3 Å². The first-order valence-corrected chi connectivity index (χ1v) is 8.89. The third-order valence-corrected chi connectivity index (χ3v) is 4.82. The smallest absolute Gasteiger partial charge is 0.269 e. The maximum absolute atomic E-state index is 10.7. The lowest BCUT2D eigenvalue weighted by molar-refractivity contribution is -0.384. The number of thioether (sulfide) groups is 1.